The molecule has 0 saturated heterocycles. The van der Waals surface area contributed by atoms with Gasteiger partial charge in [0.25, 0.3) is 0 Å². The highest BCUT2D eigenvalue weighted by Gasteiger charge is 2.59. The first kappa shape index (κ1) is 34.7. The molecule has 0 aromatic heterocycles. The van der Waals surface area contributed by atoms with Gasteiger partial charge in [-0.25, -0.2) is 17.6 Å². The van der Waals surface area contributed by atoms with Gasteiger partial charge in [-0.05, 0) is 19.3 Å². The van der Waals surface area contributed by atoms with E-state index in [0.29, 0.717) is 0 Å². The van der Waals surface area contributed by atoms with Gasteiger partial charge in [0.1, 0.15) is 6.10 Å². The van der Waals surface area contributed by atoms with Crippen molar-refractivity contribution in [3.63, 3.8) is 0 Å². The van der Waals surface area contributed by atoms with Crippen LogP contribution >= 0.6 is 0 Å². The highest BCUT2D eigenvalue weighted by molar-refractivity contribution is 4.90. The molecule has 0 heterocycles. The molecular weight excluding hydrogens is 560 g/mol. The molecule has 0 aromatic carbocycles. The van der Waals surface area contributed by atoms with Gasteiger partial charge in [0.05, 0.1) is 12.2 Å². The van der Waals surface area contributed by atoms with Crippen LogP contribution in [0.2, 0.25) is 0 Å². The number of ether oxygens (including phenoxy) is 1. The third-order valence-electron chi connectivity index (χ3n) is 4.52. The summed E-state index contributed by atoms with van der Waals surface area (Å²) in [6.07, 6.45) is -59.9. The van der Waals surface area contributed by atoms with E-state index in [9.17, 15) is 75.4 Å². The molecule has 0 amide bonds. The first-order valence-corrected chi connectivity index (χ1v) is 9.34. The van der Waals surface area contributed by atoms with Crippen molar-refractivity contribution in [1.82, 2.24) is 0 Å². The minimum atomic E-state index is -6.27. The molecule has 0 fully saturated rings. The molecule has 4 nitrogen and oxygen atoms in total. The lowest BCUT2D eigenvalue weighted by atomic mass is 9.97. The predicted molar refractivity (Wildman–Crippen MR) is 84.1 cm³/mol. The Labute approximate surface area is 190 Å². The summed E-state index contributed by atoms with van der Waals surface area (Å²) in [5.74, 6) is -4.76. The Kier molecular flexibility index (Phi) is 11.6. The van der Waals surface area contributed by atoms with Crippen molar-refractivity contribution in [3.8, 4) is 0 Å². The van der Waals surface area contributed by atoms with E-state index in [2.05, 4.69) is 4.74 Å². The first-order valence-electron chi connectivity index (χ1n) is 9.34. The van der Waals surface area contributed by atoms with Crippen LogP contribution in [0.3, 0.4) is 0 Å². The molecule has 0 saturated carbocycles. The highest BCUT2D eigenvalue weighted by atomic mass is 19.4. The molecule has 0 spiro atoms. The minimum absolute atomic E-state index is 1.82. The lowest BCUT2D eigenvalue weighted by Crippen LogP contribution is -2.55. The smallest absolute Gasteiger partial charge is 0.390 e. The van der Waals surface area contributed by atoms with E-state index < -0.39 is 99.2 Å². The second-order valence-electron chi connectivity index (χ2n) is 7.49. The summed E-state index contributed by atoms with van der Waals surface area (Å²) < 4.78 is 208. The molecule has 20 heteroatoms. The third kappa shape index (κ3) is 10.2. The minimum Gasteiger partial charge on any atom is -0.390 e. The molecule has 0 aromatic rings. The molecule has 0 aliphatic heterocycles. The average molecular weight is 578 g/mol. The van der Waals surface area contributed by atoms with Gasteiger partial charge in [-0.3, -0.25) is 0 Å². The summed E-state index contributed by atoms with van der Waals surface area (Å²) in [6.45, 7) is 0. The summed E-state index contributed by atoms with van der Waals surface area (Å²) in [5, 5.41) is 28.0. The maximum atomic E-state index is 13.9. The van der Waals surface area contributed by atoms with E-state index in [1.165, 1.54) is 0 Å². The van der Waals surface area contributed by atoms with Crippen molar-refractivity contribution in [1.29, 1.82) is 0 Å². The Morgan fingerprint density at radius 1 is 0.528 bits per heavy atom. The zero-order chi connectivity index (χ0) is 29.1. The van der Waals surface area contributed by atoms with Crippen LogP contribution < -0.4 is 0 Å². The Morgan fingerprint density at radius 3 is 1.22 bits per heavy atom. The molecule has 218 valence electrons. The van der Waals surface area contributed by atoms with E-state index in [1.807, 2.05) is 0 Å². The van der Waals surface area contributed by atoms with Gasteiger partial charge in [-0.2, -0.15) is 52.7 Å². The second kappa shape index (κ2) is 12.1. The Morgan fingerprint density at radius 2 is 0.889 bits per heavy atom. The summed E-state index contributed by atoms with van der Waals surface area (Å²) in [5.41, 5.74) is 0. The fourth-order valence-electron chi connectivity index (χ4n) is 2.66. The quantitative estimate of drug-likeness (QED) is 0.227. The van der Waals surface area contributed by atoms with Gasteiger partial charge < -0.3 is 20.1 Å². The molecule has 0 radical (unpaired) electrons. The normalized spacial score (nSPS) is 21.8. The van der Waals surface area contributed by atoms with Crippen LogP contribution in [-0.2, 0) is 4.74 Å². The molecule has 3 N–H and O–H groups in total. The van der Waals surface area contributed by atoms with Crippen LogP contribution in [0.1, 0.15) is 25.7 Å². The number of hydrogen-bond donors (Lipinski definition) is 3. The monoisotopic (exact) mass is 578 g/mol. The van der Waals surface area contributed by atoms with Gasteiger partial charge in [-0.1, -0.05) is 0 Å². The summed E-state index contributed by atoms with van der Waals surface area (Å²) in [4.78, 5) is 0. The largest absolute Gasteiger partial charge is 0.425 e. The fraction of sp³-hybridized carbons (Fsp3) is 1.00. The van der Waals surface area contributed by atoms with Gasteiger partial charge in [0.15, 0.2) is 0 Å². The van der Waals surface area contributed by atoms with E-state index in [0.717, 1.165) is 0 Å². The van der Waals surface area contributed by atoms with Crippen LogP contribution in [0.4, 0.5) is 70.2 Å². The molecule has 0 aliphatic rings. The zero-order valence-electron chi connectivity index (χ0n) is 17.2. The van der Waals surface area contributed by atoms with Crippen molar-refractivity contribution in [2.45, 2.75) is 99.2 Å². The molecule has 0 rings (SSSR count). The number of halogens is 16. The van der Waals surface area contributed by atoms with Crippen LogP contribution in [0.25, 0.3) is 0 Å². The number of aliphatic hydroxyl groups is 3. The maximum Gasteiger partial charge on any atom is 0.425 e. The van der Waals surface area contributed by atoms with Gasteiger partial charge >= 0.3 is 24.7 Å². The Balaban J connectivity index is 6.04. The van der Waals surface area contributed by atoms with Crippen molar-refractivity contribution < 1.29 is 90.3 Å². The van der Waals surface area contributed by atoms with E-state index in [1.54, 1.807) is 0 Å². The predicted octanol–water partition coefficient (Wildman–Crippen LogP) is 4.94. The third-order valence-corrected chi connectivity index (χ3v) is 4.52. The fourth-order valence-corrected chi connectivity index (χ4v) is 2.66. The van der Waals surface area contributed by atoms with Crippen LogP contribution in [-0.4, -0.2) is 88.8 Å². The Bertz CT molecular complexity index is 663. The molecule has 0 aliphatic carbocycles. The molecule has 8 unspecified atom stereocenters. The van der Waals surface area contributed by atoms with Crippen molar-refractivity contribution in [3.05, 3.63) is 0 Å². The van der Waals surface area contributed by atoms with Crippen LogP contribution in [0.5, 0.6) is 0 Å². The lowest BCUT2D eigenvalue weighted by Gasteiger charge is -2.37. The first-order chi connectivity index (χ1) is 15.7. The molecule has 8 atom stereocenters. The number of rotatable bonds is 12. The van der Waals surface area contributed by atoms with Crippen LogP contribution in [0, 0.1) is 0 Å². The molecule has 36 heavy (non-hydrogen) atoms. The van der Waals surface area contributed by atoms with Gasteiger partial charge in [-0.15, -0.1) is 0 Å². The average Bonchev–Trinajstić information content (AvgIpc) is 2.69. The topological polar surface area (TPSA) is 69.9 Å². The maximum absolute atomic E-state index is 13.9. The highest BCUT2D eigenvalue weighted by Crippen LogP contribution is 2.40. The summed E-state index contributed by atoms with van der Waals surface area (Å²) in [6, 6.07) is 0. The SMILES string of the molecule is OC(CCC(OC(O)(CCC(O)C(F)C(F)(F)F)C(F)C(F)(F)F)C(F)C(F)(F)F)C(F)C(F)(F)F. The number of aliphatic hydroxyl groups excluding tert-OH is 2. The van der Waals surface area contributed by atoms with E-state index in [-0.39, 0.29) is 0 Å². The summed E-state index contributed by atoms with van der Waals surface area (Å²) >= 11 is 0. The summed E-state index contributed by atoms with van der Waals surface area (Å²) in [7, 11) is 0. The van der Waals surface area contributed by atoms with Gasteiger partial charge in [0, 0.05) is 6.42 Å². The standard InChI is InChI=1S/C16H18F16O4/c17-8(13(21,22)23)5(33)1-2-7(10(19)15(27,28)29)36-12(35,11(20)16(30,31)32)4-3-6(34)9(18)14(24,25)26/h5-11,33-35H,1-4H2. The molecular formula is C16H18F16O4. The van der Waals surface area contributed by atoms with Crippen molar-refractivity contribution >= 4 is 0 Å². The van der Waals surface area contributed by atoms with Crippen molar-refractivity contribution in [2.24, 2.45) is 0 Å². The Hall–Kier alpha value is -1.28. The van der Waals surface area contributed by atoms with Crippen LogP contribution in [0.15, 0.2) is 0 Å². The van der Waals surface area contributed by atoms with Crippen molar-refractivity contribution in [2.75, 3.05) is 0 Å². The second-order valence-corrected chi connectivity index (χ2v) is 7.49. The van der Waals surface area contributed by atoms with Gasteiger partial charge in [0.2, 0.25) is 30.5 Å². The zero-order valence-corrected chi connectivity index (χ0v) is 17.2. The number of hydrogen-bond acceptors (Lipinski definition) is 4. The molecule has 0 bridgehead atoms. The lowest BCUT2D eigenvalue weighted by molar-refractivity contribution is -0.344. The van der Waals surface area contributed by atoms with E-state index in [4.69, 9.17) is 10.2 Å². The number of alkyl halides is 16. The van der Waals surface area contributed by atoms with E-state index >= 15 is 0 Å².